The predicted octanol–water partition coefficient (Wildman–Crippen LogP) is 1.27. The summed E-state index contributed by atoms with van der Waals surface area (Å²) >= 11 is 0. The van der Waals surface area contributed by atoms with Gasteiger partial charge in [-0.2, -0.15) is 4.98 Å². The van der Waals surface area contributed by atoms with Crippen molar-refractivity contribution in [3.63, 3.8) is 0 Å². The van der Waals surface area contributed by atoms with E-state index in [9.17, 15) is 4.79 Å². The molecule has 2 N–H and O–H groups in total. The molecule has 2 rings (SSSR count). The van der Waals surface area contributed by atoms with Gasteiger partial charge in [-0.15, -0.1) is 0 Å². The van der Waals surface area contributed by atoms with Crippen LogP contribution in [-0.4, -0.2) is 36.9 Å². The summed E-state index contributed by atoms with van der Waals surface area (Å²) < 4.78 is 14.9. The van der Waals surface area contributed by atoms with E-state index in [1.807, 2.05) is 24.3 Å². The highest BCUT2D eigenvalue weighted by Crippen LogP contribution is 2.10. The minimum absolute atomic E-state index is 0.249. The maximum atomic E-state index is 11.7. The maximum Gasteiger partial charge on any atom is 0.315 e. The molecule has 0 aliphatic rings. The number of urea groups is 1. The average Bonchev–Trinajstić information content (AvgIpc) is 3.01. The summed E-state index contributed by atoms with van der Waals surface area (Å²) in [5.74, 6) is 1.74. The van der Waals surface area contributed by atoms with E-state index in [0.29, 0.717) is 31.2 Å². The van der Waals surface area contributed by atoms with Gasteiger partial charge in [-0.3, -0.25) is 0 Å². The highest BCUT2D eigenvalue weighted by Gasteiger charge is 2.06. The fourth-order valence-corrected chi connectivity index (χ4v) is 1.85. The molecule has 124 valence electrons. The molecule has 1 heterocycles. The summed E-state index contributed by atoms with van der Waals surface area (Å²) in [4.78, 5) is 15.8. The third-order valence-corrected chi connectivity index (χ3v) is 3.02. The van der Waals surface area contributed by atoms with Gasteiger partial charge in [0.05, 0.1) is 7.11 Å². The molecule has 8 heteroatoms. The van der Waals surface area contributed by atoms with Crippen molar-refractivity contribution in [2.45, 2.75) is 19.6 Å². The highest BCUT2D eigenvalue weighted by atomic mass is 16.5. The van der Waals surface area contributed by atoms with Crippen molar-refractivity contribution < 1.29 is 18.8 Å². The number of rotatable bonds is 8. The molecule has 0 bridgehead atoms. The van der Waals surface area contributed by atoms with E-state index in [2.05, 4.69) is 20.8 Å². The largest absolute Gasteiger partial charge is 0.497 e. The standard InChI is InChI=1S/C15H20N4O4/c1-21-10-14-18-13(19-23-14)7-8-16-15(20)17-9-11-3-5-12(22-2)6-4-11/h3-6H,7-10H2,1-2H3,(H2,16,17,20). The molecule has 0 aliphatic carbocycles. The van der Waals surface area contributed by atoms with E-state index in [-0.39, 0.29) is 12.6 Å². The smallest absolute Gasteiger partial charge is 0.315 e. The Hall–Kier alpha value is -2.61. The van der Waals surface area contributed by atoms with Crippen LogP contribution in [0.5, 0.6) is 5.75 Å². The summed E-state index contributed by atoms with van der Waals surface area (Å²) in [6, 6.07) is 7.25. The molecule has 0 unspecified atom stereocenters. The monoisotopic (exact) mass is 320 g/mol. The van der Waals surface area contributed by atoms with Crippen molar-refractivity contribution in [2.24, 2.45) is 0 Å². The van der Waals surface area contributed by atoms with Crippen molar-refractivity contribution in [3.05, 3.63) is 41.5 Å². The molecule has 0 radical (unpaired) electrons. The molecule has 0 atom stereocenters. The second-order valence-corrected chi connectivity index (χ2v) is 4.74. The molecule has 8 nitrogen and oxygen atoms in total. The lowest BCUT2D eigenvalue weighted by atomic mass is 10.2. The third-order valence-electron chi connectivity index (χ3n) is 3.02. The van der Waals surface area contributed by atoms with Crippen molar-refractivity contribution >= 4 is 6.03 Å². The molecule has 0 fully saturated rings. The van der Waals surface area contributed by atoms with Gasteiger partial charge in [0, 0.05) is 26.6 Å². The highest BCUT2D eigenvalue weighted by molar-refractivity contribution is 5.73. The second kappa shape index (κ2) is 8.74. The van der Waals surface area contributed by atoms with Crippen molar-refractivity contribution in [3.8, 4) is 5.75 Å². The number of nitrogens with zero attached hydrogens (tertiary/aromatic N) is 2. The summed E-state index contributed by atoms with van der Waals surface area (Å²) in [5, 5.41) is 9.30. The van der Waals surface area contributed by atoms with Gasteiger partial charge in [-0.05, 0) is 17.7 Å². The van der Waals surface area contributed by atoms with Crippen LogP contribution in [0.25, 0.3) is 0 Å². The van der Waals surface area contributed by atoms with Gasteiger partial charge in [0.25, 0.3) is 5.89 Å². The summed E-state index contributed by atoms with van der Waals surface area (Å²) in [5.41, 5.74) is 0.989. The first-order valence-electron chi connectivity index (χ1n) is 7.16. The maximum absolute atomic E-state index is 11.7. The Kier molecular flexibility index (Phi) is 6.37. The molecule has 23 heavy (non-hydrogen) atoms. The van der Waals surface area contributed by atoms with Crippen LogP contribution in [-0.2, 0) is 24.3 Å². The van der Waals surface area contributed by atoms with E-state index >= 15 is 0 Å². The Balaban J connectivity index is 1.66. The first kappa shape index (κ1) is 16.8. The van der Waals surface area contributed by atoms with Crippen molar-refractivity contribution in [1.82, 2.24) is 20.8 Å². The predicted molar refractivity (Wildman–Crippen MR) is 81.9 cm³/mol. The average molecular weight is 320 g/mol. The van der Waals surface area contributed by atoms with E-state index < -0.39 is 0 Å². The van der Waals surface area contributed by atoms with Crippen LogP contribution >= 0.6 is 0 Å². The lowest BCUT2D eigenvalue weighted by Crippen LogP contribution is -2.36. The number of benzene rings is 1. The second-order valence-electron chi connectivity index (χ2n) is 4.74. The zero-order valence-electron chi connectivity index (χ0n) is 13.2. The summed E-state index contributed by atoms with van der Waals surface area (Å²) in [6.45, 7) is 1.14. The topological polar surface area (TPSA) is 98.5 Å². The minimum atomic E-state index is -0.249. The van der Waals surface area contributed by atoms with Crippen LogP contribution < -0.4 is 15.4 Å². The Morgan fingerprint density at radius 3 is 2.70 bits per heavy atom. The zero-order valence-corrected chi connectivity index (χ0v) is 13.2. The van der Waals surface area contributed by atoms with Gasteiger partial charge in [-0.25, -0.2) is 4.79 Å². The van der Waals surface area contributed by atoms with Crippen molar-refractivity contribution in [2.75, 3.05) is 20.8 Å². The Bertz CT molecular complexity index is 612. The number of aromatic nitrogens is 2. The molecule has 0 saturated carbocycles. The van der Waals surface area contributed by atoms with Crippen molar-refractivity contribution in [1.29, 1.82) is 0 Å². The third kappa shape index (κ3) is 5.59. The minimum Gasteiger partial charge on any atom is -0.497 e. The number of carbonyl (C=O) groups excluding carboxylic acids is 1. The molecule has 1 aromatic heterocycles. The quantitative estimate of drug-likeness (QED) is 0.760. The molecule has 2 aromatic rings. The first-order valence-corrected chi connectivity index (χ1v) is 7.16. The van der Waals surface area contributed by atoms with E-state index in [1.54, 1.807) is 14.2 Å². The lowest BCUT2D eigenvalue weighted by molar-refractivity contribution is 0.151. The molecule has 0 spiro atoms. The van der Waals surface area contributed by atoms with E-state index in [1.165, 1.54) is 0 Å². The van der Waals surface area contributed by atoms with Gasteiger partial charge >= 0.3 is 6.03 Å². The van der Waals surface area contributed by atoms with E-state index in [0.717, 1.165) is 11.3 Å². The molecule has 1 aromatic carbocycles. The van der Waals surface area contributed by atoms with Crippen LogP contribution in [0.3, 0.4) is 0 Å². The summed E-state index contributed by atoms with van der Waals surface area (Å²) in [7, 11) is 3.17. The normalized spacial score (nSPS) is 10.3. The van der Waals surface area contributed by atoms with Crippen LogP contribution in [0.15, 0.2) is 28.8 Å². The Morgan fingerprint density at radius 1 is 1.22 bits per heavy atom. The molecular formula is C15H20N4O4. The fraction of sp³-hybridized carbons (Fsp3) is 0.400. The van der Waals surface area contributed by atoms with Gasteiger partial charge in [0.1, 0.15) is 12.4 Å². The van der Waals surface area contributed by atoms with E-state index in [4.69, 9.17) is 14.0 Å². The lowest BCUT2D eigenvalue weighted by Gasteiger charge is -2.07. The number of hydrogen-bond donors (Lipinski definition) is 2. The van der Waals surface area contributed by atoms with Crippen LogP contribution in [0.4, 0.5) is 4.79 Å². The molecule has 0 aliphatic heterocycles. The molecule has 2 amide bonds. The number of hydrogen-bond acceptors (Lipinski definition) is 6. The van der Waals surface area contributed by atoms with Gasteiger partial charge in [0.15, 0.2) is 5.82 Å². The molecule has 0 saturated heterocycles. The Labute approximate surface area is 134 Å². The zero-order chi connectivity index (χ0) is 16.5. The SMILES string of the molecule is COCc1nc(CCNC(=O)NCc2ccc(OC)cc2)no1. The molecular weight excluding hydrogens is 300 g/mol. The van der Waals surface area contributed by atoms with Gasteiger partial charge < -0.3 is 24.6 Å². The first-order chi connectivity index (χ1) is 11.2. The van der Waals surface area contributed by atoms with Crippen LogP contribution in [0.2, 0.25) is 0 Å². The van der Waals surface area contributed by atoms with Gasteiger partial charge in [0.2, 0.25) is 0 Å². The number of amides is 2. The Morgan fingerprint density at radius 2 is 2.00 bits per heavy atom. The van der Waals surface area contributed by atoms with Gasteiger partial charge in [-0.1, -0.05) is 17.3 Å². The number of ether oxygens (including phenoxy) is 2. The summed E-state index contributed by atoms with van der Waals surface area (Å²) in [6.07, 6.45) is 0.489. The number of nitrogens with one attached hydrogen (secondary N) is 2. The number of carbonyl (C=O) groups is 1. The number of methoxy groups -OCH3 is 2. The fourth-order valence-electron chi connectivity index (χ4n) is 1.85. The van der Waals surface area contributed by atoms with Crippen LogP contribution in [0, 0.1) is 0 Å². The van der Waals surface area contributed by atoms with Crippen LogP contribution in [0.1, 0.15) is 17.3 Å².